The van der Waals surface area contributed by atoms with Crippen LogP contribution in [-0.2, 0) is 10.1 Å². The second kappa shape index (κ2) is 7.15. The van der Waals surface area contributed by atoms with Crippen molar-refractivity contribution in [2.24, 2.45) is 0 Å². The zero-order chi connectivity index (χ0) is 12.0. The number of nitrogens with zero attached hydrogens (tertiary/aromatic N) is 1. The zero-order valence-corrected chi connectivity index (χ0v) is 12.0. The smallest absolute Gasteiger partial charge is 0.0479 e. The number of halogens is 2. The summed E-state index contributed by atoms with van der Waals surface area (Å²) in [5.41, 5.74) is 2.43. The van der Waals surface area contributed by atoms with Gasteiger partial charge in [0.25, 0.3) is 0 Å². The fourth-order valence-electron chi connectivity index (χ4n) is 1.60. The SMILES string of the molecule is COCCCN(C)c1ccc(Cl)cc1CBr. The Kier molecular flexibility index (Phi) is 6.17. The monoisotopic (exact) mass is 305 g/mol. The normalized spacial score (nSPS) is 10.5. The van der Waals surface area contributed by atoms with E-state index in [1.165, 1.54) is 11.3 Å². The van der Waals surface area contributed by atoms with Crippen LogP contribution in [-0.4, -0.2) is 27.3 Å². The number of hydrogen-bond acceptors (Lipinski definition) is 2. The van der Waals surface area contributed by atoms with E-state index in [0.717, 1.165) is 29.9 Å². The number of alkyl halides is 1. The molecule has 0 aliphatic heterocycles. The van der Waals surface area contributed by atoms with Crippen molar-refractivity contribution in [1.29, 1.82) is 0 Å². The lowest BCUT2D eigenvalue weighted by Gasteiger charge is -2.22. The molecule has 0 saturated carbocycles. The van der Waals surface area contributed by atoms with Gasteiger partial charge >= 0.3 is 0 Å². The molecule has 0 unspecified atom stereocenters. The molecule has 2 nitrogen and oxygen atoms in total. The fourth-order valence-corrected chi connectivity index (χ4v) is 2.24. The minimum Gasteiger partial charge on any atom is -0.385 e. The van der Waals surface area contributed by atoms with Crippen LogP contribution < -0.4 is 4.90 Å². The summed E-state index contributed by atoms with van der Waals surface area (Å²) in [5.74, 6) is 0. The second-order valence-electron chi connectivity index (χ2n) is 3.67. The summed E-state index contributed by atoms with van der Waals surface area (Å²) in [6.45, 7) is 1.77. The van der Waals surface area contributed by atoms with E-state index in [4.69, 9.17) is 16.3 Å². The van der Waals surface area contributed by atoms with Gasteiger partial charge in [0.1, 0.15) is 0 Å². The Morgan fingerprint density at radius 1 is 1.44 bits per heavy atom. The molecule has 90 valence electrons. The molecule has 0 spiro atoms. The molecule has 0 aliphatic rings. The first-order valence-corrected chi connectivity index (χ1v) is 6.73. The molecule has 0 fully saturated rings. The van der Waals surface area contributed by atoms with Crippen molar-refractivity contribution in [3.8, 4) is 0 Å². The molecule has 0 amide bonds. The third-order valence-electron chi connectivity index (χ3n) is 2.44. The van der Waals surface area contributed by atoms with Crippen LogP contribution in [0.3, 0.4) is 0 Å². The van der Waals surface area contributed by atoms with Gasteiger partial charge in [-0.05, 0) is 30.2 Å². The number of anilines is 1. The topological polar surface area (TPSA) is 12.5 Å². The third-order valence-corrected chi connectivity index (χ3v) is 3.28. The zero-order valence-electron chi connectivity index (χ0n) is 9.67. The van der Waals surface area contributed by atoms with Crippen molar-refractivity contribution in [2.45, 2.75) is 11.8 Å². The molecule has 0 aliphatic carbocycles. The highest BCUT2D eigenvalue weighted by atomic mass is 79.9. The lowest BCUT2D eigenvalue weighted by molar-refractivity contribution is 0.196. The Labute approximate surface area is 111 Å². The van der Waals surface area contributed by atoms with E-state index in [1.807, 2.05) is 12.1 Å². The number of ether oxygens (including phenoxy) is 1. The van der Waals surface area contributed by atoms with Gasteiger partial charge in [-0.1, -0.05) is 27.5 Å². The van der Waals surface area contributed by atoms with Gasteiger partial charge in [-0.2, -0.15) is 0 Å². The first kappa shape index (κ1) is 13.8. The summed E-state index contributed by atoms with van der Waals surface area (Å²) in [6.07, 6.45) is 1.03. The maximum atomic E-state index is 5.97. The lowest BCUT2D eigenvalue weighted by atomic mass is 10.2. The van der Waals surface area contributed by atoms with Gasteiger partial charge in [0.05, 0.1) is 0 Å². The molecule has 1 rings (SSSR count). The maximum absolute atomic E-state index is 5.97. The van der Waals surface area contributed by atoms with Gasteiger partial charge in [0, 0.05) is 43.3 Å². The molecule has 1 aromatic carbocycles. The molecular weight excluding hydrogens is 289 g/mol. The number of methoxy groups -OCH3 is 1. The second-order valence-corrected chi connectivity index (χ2v) is 4.67. The van der Waals surface area contributed by atoms with Crippen molar-refractivity contribution in [1.82, 2.24) is 0 Å². The summed E-state index contributed by atoms with van der Waals surface area (Å²) in [4.78, 5) is 2.23. The van der Waals surface area contributed by atoms with E-state index < -0.39 is 0 Å². The molecule has 0 aromatic heterocycles. The molecule has 0 atom stereocenters. The number of benzene rings is 1. The lowest BCUT2D eigenvalue weighted by Crippen LogP contribution is -2.20. The molecule has 0 bridgehead atoms. The van der Waals surface area contributed by atoms with E-state index in [1.54, 1.807) is 7.11 Å². The van der Waals surface area contributed by atoms with E-state index >= 15 is 0 Å². The van der Waals surface area contributed by atoms with Crippen molar-refractivity contribution in [2.75, 3.05) is 32.2 Å². The quantitative estimate of drug-likeness (QED) is 0.587. The predicted molar refractivity (Wildman–Crippen MR) is 73.8 cm³/mol. The average Bonchev–Trinajstić information content (AvgIpc) is 2.29. The van der Waals surface area contributed by atoms with Crippen LogP contribution in [0.5, 0.6) is 0 Å². The van der Waals surface area contributed by atoms with Crippen LogP contribution in [0.2, 0.25) is 5.02 Å². The van der Waals surface area contributed by atoms with Crippen LogP contribution >= 0.6 is 27.5 Å². The predicted octanol–water partition coefficient (Wildman–Crippen LogP) is 3.71. The molecule has 4 heteroatoms. The van der Waals surface area contributed by atoms with Crippen LogP contribution in [0.1, 0.15) is 12.0 Å². The van der Waals surface area contributed by atoms with Gasteiger partial charge < -0.3 is 9.64 Å². The molecule has 0 heterocycles. The highest BCUT2D eigenvalue weighted by Gasteiger charge is 2.06. The molecule has 16 heavy (non-hydrogen) atoms. The largest absolute Gasteiger partial charge is 0.385 e. The molecule has 0 saturated heterocycles. The Hall–Kier alpha value is -0.250. The van der Waals surface area contributed by atoms with Crippen molar-refractivity contribution >= 4 is 33.2 Å². The Bertz CT molecular complexity index is 333. The third kappa shape index (κ3) is 3.96. The minimum atomic E-state index is 0.781. The minimum absolute atomic E-state index is 0.781. The van der Waals surface area contributed by atoms with Crippen molar-refractivity contribution in [3.63, 3.8) is 0 Å². The van der Waals surface area contributed by atoms with Crippen LogP contribution in [0.15, 0.2) is 18.2 Å². The van der Waals surface area contributed by atoms with Gasteiger partial charge in [-0.3, -0.25) is 0 Å². The maximum Gasteiger partial charge on any atom is 0.0479 e. The summed E-state index contributed by atoms with van der Waals surface area (Å²) >= 11 is 9.45. The standard InChI is InChI=1S/C12H17BrClNO/c1-15(6-3-7-16-2)12-5-4-11(14)8-10(12)9-13/h4-5,8H,3,6-7,9H2,1-2H3. The van der Waals surface area contributed by atoms with Gasteiger partial charge in [0.2, 0.25) is 0 Å². The fraction of sp³-hybridized carbons (Fsp3) is 0.500. The van der Waals surface area contributed by atoms with E-state index in [0.29, 0.717) is 0 Å². The van der Waals surface area contributed by atoms with Gasteiger partial charge in [0.15, 0.2) is 0 Å². The molecule has 0 radical (unpaired) electrons. The Morgan fingerprint density at radius 3 is 2.81 bits per heavy atom. The summed E-state index contributed by atoms with van der Waals surface area (Å²) in [7, 11) is 3.82. The highest BCUT2D eigenvalue weighted by molar-refractivity contribution is 9.08. The number of hydrogen-bond donors (Lipinski definition) is 0. The molecule has 0 N–H and O–H groups in total. The Morgan fingerprint density at radius 2 is 2.19 bits per heavy atom. The van der Waals surface area contributed by atoms with E-state index in [2.05, 4.69) is 33.9 Å². The van der Waals surface area contributed by atoms with Crippen molar-refractivity contribution < 1.29 is 4.74 Å². The summed E-state index contributed by atoms with van der Waals surface area (Å²) < 4.78 is 5.05. The van der Waals surface area contributed by atoms with Crippen molar-refractivity contribution in [3.05, 3.63) is 28.8 Å². The first-order valence-electron chi connectivity index (χ1n) is 5.23. The van der Waals surface area contributed by atoms with Gasteiger partial charge in [-0.25, -0.2) is 0 Å². The van der Waals surface area contributed by atoms with Gasteiger partial charge in [-0.15, -0.1) is 0 Å². The highest BCUT2D eigenvalue weighted by Crippen LogP contribution is 2.25. The van der Waals surface area contributed by atoms with Crippen LogP contribution in [0, 0.1) is 0 Å². The first-order chi connectivity index (χ1) is 7.69. The van der Waals surface area contributed by atoms with Crippen LogP contribution in [0.4, 0.5) is 5.69 Å². The average molecular weight is 307 g/mol. The van der Waals surface area contributed by atoms with Crippen LogP contribution in [0.25, 0.3) is 0 Å². The summed E-state index contributed by atoms with van der Waals surface area (Å²) in [5, 5.41) is 1.60. The summed E-state index contributed by atoms with van der Waals surface area (Å²) in [6, 6.07) is 5.99. The number of rotatable bonds is 6. The van der Waals surface area contributed by atoms with E-state index in [9.17, 15) is 0 Å². The van der Waals surface area contributed by atoms with E-state index in [-0.39, 0.29) is 0 Å². The molecule has 1 aromatic rings. The Balaban J connectivity index is 2.70. The molecular formula is C12H17BrClNO.